The van der Waals surface area contributed by atoms with Crippen molar-refractivity contribution in [3.05, 3.63) is 65.7 Å². The molecular formula is C23H30N2O4S. The fourth-order valence-electron chi connectivity index (χ4n) is 3.92. The number of aryl methyl sites for hydroxylation is 1. The molecule has 30 heavy (non-hydrogen) atoms. The molecule has 2 N–H and O–H groups in total. The third kappa shape index (κ3) is 5.68. The van der Waals surface area contributed by atoms with Crippen LogP contribution in [0.1, 0.15) is 30.4 Å². The largest absolute Gasteiger partial charge is 0.342 e. The highest BCUT2D eigenvalue weighted by molar-refractivity contribution is 7.85. The Labute approximate surface area is 179 Å². The Bertz CT molecular complexity index is 933. The van der Waals surface area contributed by atoms with Crippen molar-refractivity contribution in [2.24, 2.45) is 5.41 Å². The molecule has 0 spiro atoms. The number of nitrogens with one attached hydrogen (secondary N) is 1. The van der Waals surface area contributed by atoms with Crippen LogP contribution in [0, 0.1) is 12.3 Å². The Morgan fingerprint density at radius 3 is 2.13 bits per heavy atom. The van der Waals surface area contributed by atoms with E-state index in [1.54, 1.807) is 12.1 Å². The standard InChI is InChI=1S/C16H22N2O.C7H8O3S/c19-15(18-11-4-12-18)16(7-9-17-10-8-16)13-14-5-2-1-3-6-14;1-6-2-4-7(5-3-6)11(8,9)10/h1-3,5-6,17H,4,7-13H2;2-5H,1H3,(H,8,9,10). The molecule has 0 aromatic heterocycles. The Hall–Kier alpha value is -2.22. The summed E-state index contributed by atoms with van der Waals surface area (Å²) in [5.41, 5.74) is 2.09. The monoisotopic (exact) mass is 430 g/mol. The summed E-state index contributed by atoms with van der Waals surface area (Å²) >= 11 is 0. The van der Waals surface area contributed by atoms with Gasteiger partial charge in [-0.2, -0.15) is 8.42 Å². The average Bonchev–Trinajstić information content (AvgIpc) is 2.68. The van der Waals surface area contributed by atoms with E-state index in [2.05, 4.69) is 29.6 Å². The zero-order valence-electron chi connectivity index (χ0n) is 17.4. The van der Waals surface area contributed by atoms with Crippen LogP contribution in [0.3, 0.4) is 0 Å². The lowest BCUT2D eigenvalue weighted by atomic mass is 9.72. The SMILES string of the molecule is Cc1ccc(S(=O)(=O)O)cc1.O=C(N1CCC1)C1(Cc2ccccc2)CCNCC1. The van der Waals surface area contributed by atoms with Gasteiger partial charge in [0.25, 0.3) is 10.1 Å². The van der Waals surface area contributed by atoms with Gasteiger partial charge < -0.3 is 10.2 Å². The van der Waals surface area contributed by atoms with Crippen molar-refractivity contribution < 1.29 is 17.8 Å². The minimum Gasteiger partial charge on any atom is -0.342 e. The fourth-order valence-corrected chi connectivity index (χ4v) is 4.40. The Morgan fingerprint density at radius 2 is 1.63 bits per heavy atom. The third-order valence-electron chi connectivity index (χ3n) is 5.86. The van der Waals surface area contributed by atoms with Crippen LogP contribution in [0.2, 0.25) is 0 Å². The van der Waals surface area contributed by atoms with Crippen molar-refractivity contribution in [2.45, 2.75) is 37.5 Å². The summed E-state index contributed by atoms with van der Waals surface area (Å²) in [6, 6.07) is 16.5. The summed E-state index contributed by atoms with van der Waals surface area (Å²) in [5.74, 6) is 0.393. The molecule has 4 rings (SSSR count). The van der Waals surface area contributed by atoms with Gasteiger partial charge in [0.15, 0.2) is 0 Å². The highest BCUT2D eigenvalue weighted by Gasteiger charge is 2.43. The van der Waals surface area contributed by atoms with E-state index >= 15 is 0 Å². The molecule has 1 amide bonds. The van der Waals surface area contributed by atoms with E-state index in [0.29, 0.717) is 5.91 Å². The van der Waals surface area contributed by atoms with Gasteiger partial charge in [-0.1, -0.05) is 48.0 Å². The second-order valence-electron chi connectivity index (χ2n) is 8.13. The van der Waals surface area contributed by atoms with Crippen molar-refractivity contribution in [3.63, 3.8) is 0 Å². The molecule has 0 atom stereocenters. The van der Waals surface area contributed by atoms with Crippen LogP contribution in [-0.2, 0) is 21.3 Å². The first-order valence-corrected chi connectivity index (χ1v) is 11.8. The zero-order valence-corrected chi connectivity index (χ0v) is 18.2. The lowest BCUT2D eigenvalue weighted by molar-refractivity contribution is -0.147. The van der Waals surface area contributed by atoms with E-state index in [9.17, 15) is 13.2 Å². The van der Waals surface area contributed by atoms with Crippen LogP contribution in [0.5, 0.6) is 0 Å². The molecule has 0 saturated carbocycles. The van der Waals surface area contributed by atoms with Gasteiger partial charge in [-0.15, -0.1) is 0 Å². The second kappa shape index (κ2) is 9.73. The van der Waals surface area contributed by atoms with E-state index < -0.39 is 10.1 Å². The molecule has 2 aromatic rings. The van der Waals surface area contributed by atoms with Gasteiger partial charge >= 0.3 is 0 Å². The Morgan fingerprint density at radius 1 is 1.03 bits per heavy atom. The number of benzene rings is 2. The summed E-state index contributed by atoms with van der Waals surface area (Å²) in [5, 5.41) is 3.38. The van der Waals surface area contributed by atoms with E-state index in [0.717, 1.165) is 51.0 Å². The van der Waals surface area contributed by atoms with Crippen LogP contribution in [0.25, 0.3) is 0 Å². The predicted molar refractivity (Wildman–Crippen MR) is 117 cm³/mol. The van der Waals surface area contributed by atoms with Crippen LogP contribution in [0.15, 0.2) is 59.5 Å². The van der Waals surface area contributed by atoms with Gasteiger partial charge in [-0.05, 0) is 63.4 Å². The number of rotatable bonds is 4. The number of carbonyl (C=O) groups is 1. The van der Waals surface area contributed by atoms with Gasteiger partial charge in [-0.3, -0.25) is 9.35 Å². The molecule has 2 aromatic carbocycles. The van der Waals surface area contributed by atoms with E-state index in [1.165, 1.54) is 24.1 Å². The molecule has 0 radical (unpaired) electrons. The maximum atomic E-state index is 12.8. The molecule has 6 nitrogen and oxygen atoms in total. The van der Waals surface area contributed by atoms with Gasteiger partial charge in [0, 0.05) is 13.1 Å². The highest BCUT2D eigenvalue weighted by atomic mass is 32.2. The lowest BCUT2D eigenvalue weighted by Crippen LogP contribution is -2.54. The van der Waals surface area contributed by atoms with Gasteiger partial charge in [-0.25, -0.2) is 0 Å². The van der Waals surface area contributed by atoms with E-state index in [4.69, 9.17) is 4.55 Å². The van der Waals surface area contributed by atoms with Gasteiger partial charge in [0.05, 0.1) is 10.3 Å². The highest BCUT2D eigenvalue weighted by Crippen LogP contribution is 2.36. The molecule has 0 unspecified atom stereocenters. The molecular weight excluding hydrogens is 400 g/mol. The van der Waals surface area contributed by atoms with Crippen LogP contribution in [0.4, 0.5) is 0 Å². The number of carbonyl (C=O) groups excluding carboxylic acids is 1. The first-order valence-electron chi connectivity index (χ1n) is 10.4. The molecule has 7 heteroatoms. The minimum atomic E-state index is -4.02. The van der Waals surface area contributed by atoms with Crippen molar-refractivity contribution in [3.8, 4) is 0 Å². The van der Waals surface area contributed by atoms with Crippen molar-refractivity contribution in [1.82, 2.24) is 10.2 Å². The summed E-state index contributed by atoms with van der Waals surface area (Å²) in [6.07, 6.45) is 4.00. The van der Waals surface area contributed by atoms with Crippen molar-refractivity contribution in [2.75, 3.05) is 26.2 Å². The van der Waals surface area contributed by atoms with Gasteiger partial charge in [0.2, 0.25) is 5.91 Å². The van der Waals surface area contributed by atoms with E-state index in [1.807, 2.05) is 17.9 Å². The summed E-state index contributed by atoms with van der Waals surface area (Å²) < 4.78 is 29.6. The smallest absolute Gasteiger partial charge is 0.294 e. The number of hydrogen-bond donors (Lipinski definition) is 2. The molecule has 2 aliphatic rings. The molecule has 0 bridgehead atoms. The Balaban J connectivity index is 0.000000199. The third-order valence-corrected chi connectivity index (χ3v) is 6.73. The predicted octanol–water partition coefficient (Wildman–Crippen LogP) is 3.07. The van der Waals surface area contributed by atoms with Gasteiger partial charge in [0.1, 0.15) is 0 Å². The topological polar surface area (TPSA) is 86.7 Å². The summed E-state index contributed by atoms with van der Waals surface area (Å²) in [7, 11) is -4.02. The lowest BCUT2D eigenvalue weighted by Gasteiger charge is -2.43. The number of hydrogen-bond acceptors (Lipinski definition) is 4. The first-order chi connectivity index (χ1) is 14.3. The van der Waals surface area contributed by atoms with Crippen molar-refractivity contribution in [1.29, 1.82) is 0 Å². The number of piperidine rings is 1. The number of likely N-dealkylation sites (tertiary alicyclic amines) is 1. The first kappa shape index (κ1) is 22.5. The molecule has 2 saturated heterocycles. The average molecular weight is 431 g/mol. The molecule has 2 aliphatic heterocycles. The molecule has 0 aliphatic carbocycles. The maximum Gasteiger partial charge on any atom is 0.294 e. The number of amides is 1. The summed E-state index contributed by atoms with van der Waals surface area (Å²) in [6.45, 7) is 5.69. The Kier molecular flexibility index (Phi) is 7.28. The maximum absolute atomic E-state index is 12.8. The molecule has 2 fully saturated rings. The normalized spacial score (nSPS) is 18.0. The number of nitrogens with zero attached hydrogens (tertiary/aromatic N) is 1. The van der Waals surface area contributed by atoms with Crippen LogP contribution >= 0.6 is 0 Å². The molecule has 162 valence electrons. The van der Waals surface area contributed by atoms with Crippen molar-refractivity contribution >= 4 is 16.0 Å². The quantitative estimate of drug-likeness (QED) is 0.728. The van der Waals surface area contributed by atoms with Crippen LogP contribution < -0.4 is 5.32 Å². The van der Waals surface area contributed by atoms with Crippen LogP contribution in [-0.4, -0.2) is 50.0 Å². The molecule has 2 heterocycles. The zero-order chi connectivity index (χ0) is 21.6. The second-order valence-corrected chi connectivity index (χ2v) is 9.55. The summed E-state index contributed by atoms with van der Waals surface area (Å²) in [4.78, 5) is 14.8. The van der Waals surface area contributed by atoms with E-state index in [-0.39, 0.29) is 10.3 Å². The fraction of sp³-hybridized carbons (Fsp3) is 0.435. The minimum absolute atomic E-state index is 0.0666.